The number of aromatic nitrogens is 2. The van der Waals surface area contributed by atoms with Crippen molar-refractivity contribution in [2.24, 2.45) is 12.8 Å². The molecule has 5 heteroatoms. The zero-order valence-corrected chi connectivity index (χ0v) is 11.7. The number of nitrogens with zero attached hydrogens (tertiary/aromatic N) is 2. The molecule has 0 amide bonds. The quantitative estimate of drug-likeness (QED) is 0.913. The first-order valence-corrected chi connectivity index (χ1v) is 6.71. The lowest BCUT2D eigenvalue weighted by Gasteiger charge is -2.12. The zero-order chi connectivity index (χ0) is 14.7. The average molecular weight is 279 g/mol. The van der Waals surface area contributed by atoms with Crippen LogP contribution in [0.2, 0.25) is 0 Å². The molecule has 0 radical (unpaired) electrons. The monoisotopic (exact) mass is 279 g/mol. The Morgan fingerprint density at radius 3 is 2.60 bits per heavy atom. The largest absolute Gasteiger partial charge is 0.327 e. The van der Waals surface area contributed by atoms with Crippen LogP contribution in [0, 0.1) is 11.6 Å². The van der Waals surface area contributed by atoms with Crippen LogP contribution in [0.3, 0.4) is 0 Å². The van der Waals surface area contributed by atoms with Crippen LogP contribution >= 0.6 is 0 Å². The maximum Gasteiger partial charge on any atom is 0.129 e. The van der Waals surface area contributed by atoms with Gasteiger partial charge in [0, 0.05) is 31.3 Å². The smallest absolute Gasteiger partial charge is 0.129 e. The Kier molecular flexibility index (Phi) is 4.49. The number of aryl methyl sites for hydroxylation is 2. The summed E-state index contributed by atoms with van der Waals surface area (Å²) in [6.45, 7) is 2.04. The predicted molar refractivity (Wildman–Crippen MR) is 74.3 cm³/mol. The topological polar surface area (TPSA) is 43.8 Å². The number of rotatable bonds is 5. The highest BCUT2D eigenvalue weighted by atomic mass is 19.1. The van der Waals surface area contributed by atoms with Crippen molar-refractivity contribution in [2.75, 3.05) is 0 Å². The van der Waals surface area contributed by atoms with Gasteiger partial charge in [0.25, 0.3) is 0 Å². The fourth-order valence-electron chi connectivity index (χ4n) is 2.25. The SMILES string of the molecule is CCc1cc(CC(N)Cc2ccc(F)cc2F)n(C)n1. The maximum atomic E-state index is 13.6. The third-order valence-electron chi connectivity index (χ3n) is 3.36. The van der Waals surface area contributed by atoms with Crippen molar-refractivity contribution in [3.8, 4) is 0 Å². The Labute approximate surface area is 117 Å². The standard InChI is InChI=1S/C15H19F2N3/c1-3-13-9-14(20(2)19-13)8-12(18)6-10-4-5-11(16)7-15(10)17/h4-5,7,9,12H,3,6,8,18H2,1-2H3. The minimum Gasteiger partial charge on any atom is -0.327 e. The highest BCUT2D eigenvalue weighted by molar-refractivity contribution is 5.20. The molecule has 1 unspecified atom stereocenters. The third kappa shape index (κ3) is 3.42. The van der Waals surface area contributed by atoms with Crippen LogP contribution in [0.5, 0.6) is 0 Å². The van der Waals surface area contributed by atoms with Crippen molar-refractivity contribution in [3.05, 3.63) is 52.9 Å². The Balaban J connectivity index is 2.04. The molecule has 0 aliphatic rings. The van der Waals surface area contributed by atoms with Crippen molar-refractivity contribution in [2.45, 2.75) is 32.2 Å². The van der Waals surface area contributed by atoms with Crippen molar-refractivity contribution >= 4 is 0 Å². The number of hydrogen-bond donors (Lipinski definition) is 1. The van der Waals surface area contributed by atoms with Gasteiger partial charge in [-0.05, 0) is 30.5 Å². The lowest BCUT2D eigenvalue weighted by atomic mass is 10.0. The van der Waals surface area contributed by atoms with E-state index in [0.29, 0.717) is 18.4 Å². The van der Waals surface area contributed by atoms with Crippen LogP contribution in [0.1, 0.15) is 23.9 Å². The molecule has 0 bridgehead atoms. The van der Waals surface area contributed by atoms with Gasteiger partial charge in [0.2, 0.25) is 0 Å². The molecular formula is C15H19F2N3. The summed E-state index contributed by atoms with van der Waals surface area (Å²) >= 11 is 0. The maximum absolute atomic E-state index is 13.6. The summed E-state index contributed by atoms with van der Waals surface area (Å²) in [6, 6.07) is 5.38. The van der Waals surface area contributed by atoms with Gasteiger partial charge in [-0.2, -0.15) is 5.10 Å². The fourth-order valence-corrected chi connectivity index (χ4v) is 2.25. The lowest BCUT2D eigenvalue weighted by Crippen LogP contribution is -2.27. The fraction of sp³-hybridized carbons (Fsp3) is 0.400. The summed E-state index contributed by atoms with van der Waals surface area (Å²) in [5.41, 5.74) is 8.55. The first kappa shape index (κ1) is 14.7. The van der Waals surface area contributed by atoms with E-state index in [4.69, 9.17) is 5.73 Å². The van der Waals surface area contributed by atoms with E-state index >= 15 is 0 Å². The Bertz CT molecular complexity index is 593. The molecule has 3 nitrogen and oxygen atoms in total. The summed E-state index contributed by atoms with van der Waals surface area (Å²) in [6.07, 6.45) is 1.86. The number of halogens is 2. The normalized spacial score (nSPS) is 12.7. The van der Waals surface area contributed by atoms with Crippen LogP contribution < -0.4 is 5.73 Å². The van der Waals surface area contributed by atoms with Gasteiger partial charge in [-0.15, -0.1) is 0 Å². The molecule has 1 atom stereocenters. The summed E-state index contributed by atoms with van der Waals surface area (Å²) in [5, 5.41) is 4.36. The predicted octanol–water partition coefficient (Wildman–Crippen LogP) is 2.37. The van der Waals surface area contributed by atoms with Crippen LogP contribution in [0.25, 0.3) is 0 Å². The first-order chi connectivity index (χ1) is 9.49. The summed E-state index contributed by atoms with van der Waals surface area (Å²) in [4.78, 5) is 0. The molecule has 0 saturated carbocycles. The molecule has 1 aromatic carbocycles. The van der Waals surface area contributed by atoms with E-state index in [9.17, 15) is 8.78 Å². The van der Waals surface area contributed by atoms with Crippen LogP contribution in [0.15, 0.2) is 24.3 Å². The van der Waals surface area contributed by atoms with Gasteiger partial charge in [0.05, 0.1) is 5.69 Å². The van der Waals surface area contributed by atoms with Crippen LogP contribution in [0.4, 0.5) is 8.78 Å². The highest BCUT2D eigenvalue weighted by Gasteiger charge is 2.12. The molecule has 2 rings (SSSR count). The molecule has 1 heterocycles. The number of hydrogen-bond acceptors (Lipinski definition) is 2. The average Bonchev–Trinajstić information content (AvgIpc) is 2.74. The van der Waals surface area contributed by atoms with E-state index in [-0.39, 0.29) is 6.04 Å². The molecular weight excluding hydrogens is 260 g/mol. The summed E-state index contributed by atoms with van der Waals surface area (Å²) < 4.78 is 28.2. The molecule has 0 saturated heterocycles. The van der Waals surface area contributed by atoms with Gasteiger partial charge in [-0.3, -0.25) is 4.68 Å². The van der Waals surface area contributed by atoms with Gasteiger partial charge in [-0.25, -0.2) is 8.78 Å². The molecule has 2 aromatic rings. The molecule has 108 valence electrons. The molecule has 0 fully saturated rings. The van der Waals surface area contributed by atoms with Gasteiger partial charge < -0.3 is 5.73 Å². The van der Waals surface area contributed by atoms with E-state index in [0.717, 1.165) is 23.9 Å². The van der Waals surface area contributed by atoms with E-state index < -0.39 is 11.6 Å². The highest BCUT2D eigenvalue weighted by Crippen LogP contribution is 2.13. The second-order valence-electron chi connectivity index (χ2n) is 5.01. The molecule has 1 aromatic heterocycles. The van der Waals surface area contributed by atoms with Crippen molar-refractivity contribution in [1.29, 1.82) is 0 Å². The van der Waals surface area contributed by atoms with Gasteiger partial charge in [0.15, 0.2) is 0 Å². The van der Waals surface area contributed by atoms with Crippen LogP contribution in [-0.2, 0) is 26.3 Å². The Hall–Kier alpha value is -1.75. The van der Waals surface area contributed by atoms with E-state index in [2.05, 4.69) is 5.10 Å². The first-order valence-electron chi connectivity index (χ1n) is 6.71. The van der Waals surface area contributed by atoms with Gasteiger partial charge >= 0.3 is 0 Å². The van der Waals surface area contributed by atoms with Crippen molar-refractivity contribution in [1.82, 2.24) is 9.78 Å². The minimum atomic E-state index is -0.570. The Morgan fingerprint density at radius 2 is 2.00 bits per heavy atom. The van der Waals surface area contributed by atoms with E-state index in [1.165, 1.54) is 12.1 Å². The van der Waals surface area contributed by atoms with Crippen molar-refractivity contribution < 1.29 is 8.78 Å². The molecule has 2 N–H and O–H groups in total. The number of nitrogens with two attached hydrogens (primary N) is 1. The Morgan fingerprint density at radius 1 is 1.25 bits per heavy atom. The second-order valence-corrected chi connectivity index (χ2v) is 5.01. The zero-order valence-electron chi connectivity index (χ0n) is 11.7. The molecule has 0 aliphatic heterocycles. The van der Waals surface area contributed by atoms with Gasteiger partial charge in [-0.1, -0.05) is 13.0 Å². The van der Waals surface area contributed by atoms with E-state index in [1.54, 1.807) is 4.68 Å². The van der Waals surface area contributed by atoms with Crippen molar-refractivity contribution in [3.63, 3.8) is 0 Å². The molecule has 0 aliphatic carbocycles. The lowest BCUT2D eigenvalue weighted by molar-refractivity contribution is 0.552. The van der Waals surface area contributed by atoms with Gasteiger partial charge in [0.1, 0.15) is 11.6 Å². The summed E-state index contributed by atoms with van der Waals surface area (Å²) in [7, 11) is 1.87. The molecule has 0 spiro atoms. The molecule has 20 heavy (non-hydrogen) atoms. The minimum absolute atomic E-state index is 0.227. The summed E-state index contributed by atoms with van der Waals surface area (Å²) in [5.74, 6) is -1.11. The third-order valence-corrected chi connectivity index (χ3v) is 3.36. The second kappa shape index (κ2) is 6.13. The van der Waals surface area contributed by atoms with E-state index in [1.807, 2.05) is 20.0 Å². The number of benzene rings is 1. The van der Waals surface area contributed by atoms with Crippen LogP contribution in [-0.4, -0.2) is 15.8 Å².